The Morgan fingerprint density at radius 2 is 1.78 bits per heavy atom. The number of likely N-dealkylation sites (tertiary alicyclic amines) is 1. The highest BCUT2D eigenvalue weighted by atomic mass is 16.5. The fourth-order valence-electron chi connectivity index (χ4n) is 3.51. The van der Waals surface area contributed by atoms with Crippen LogP contribution in [0, 0.1) is 5.41 Å². The summed E-state index contributed by atoms with van der Waals surface area (Å²) >= 11 is 0. The summed E-state index contributed by atoms with van der Waals surface area (Å²) in [6, 6.07) is 17.7. The second-order valence-electron chi connectivity index (χ2n) is 7.22. The topological polar surface area (TPSA) is 46.6 Å². The number of ether oxygens (including phenoxy) is 1. The van der Waals surface area contributed by atoms with Crippen molar-refractivity contribution in [1.29, 1.82) is 0 Å². The Labute approximate surface area is 160 Å². The Morgan fingerprint density at radius 3 is 2.44 bits per heavy atom. The molecular formula is C23H25NO3. The monoisotopic (exact) mass is 363 g/mol. The minimum Gasteiger partial charge on any atom is -0.461 e. The van der Waals surface area contributed by atoms with Gasteiger partial charge in [-0.25, -0.2) is 0 Å². The van der Waals surface area contributed by atoms with Crippen molar-refractivity contribution in [2.24, 2.45) is 5.41 Å². The SMILES string of the molecule is C=CCOC(=O)C1(C)CCCN(C(=O)c2ccc(-c3ccccc3)cc2)C1. The number of carbonyl (C=O) groups is 2. The van der Waals surface area contributed by atoms with Gasteiger partial charge < -0.3 is 9.64 Å². The van der Waals surface area contributed by atoms with Crippen molar-refractivity contribution in [3.8, 4) is 11.1 Å². The fourth-order valence-corrected chi connectivity index (χ4v) is 3.51. The van der Waals surface area contributed by atoms with E-state index in [-0.39, 0.29) is 18.5 Å². The van der Waals surface area contributed by atoms with E-state index >= 15 is 0 Å². The normalized spacial score (nSPS) is 19.4. The molecule has 4 nitrogen and oxygen atoms in total. The maximum atomic E-state index is 12.9. The highest BCUT2D eigenvalue weighted by Crippen LogP contribution is 2.32. The summed E-state index contributed by atoms with van der Waals surface area (Å²) in [7, 11) is 0. The Bertz CT molecular complexity index is 813. The molecule has 0 aliphatic carbocycles. The lowest BCUT2D eigenvalue weighted by Crippen LogP contribution is -2.49. The zero-order chi connectivity index (χ0) is 19.3. The highest BCUT2D eigenvalue weighted by Gasteiger charge is 2.40. The van der Waals surface area contributed by atoms with E-state index in [2.05, 4.69) is 6.58 Å². The first-order valence-electron chi connectivity index (χ1n) is 9.26. The van der Waals surface area contributed by atoms with Crippen molar-refractivity contribution in [3.63, 3.8) is 0 Å². The summed E-state index contributed by atoms with van der Waals surface area (Å²) < 4.78 is 5.24. The minimum atomic E-state index is -0.666. The lowest BCUT2D eigenvalue weighted by Gasteiger charge is -2.38. The van der Waals surface area contributed by atoms with Gasteiger partial charge in [-0.1, -0.05) is 55.1 Å². The van der Waals surface area contributed by atoms with E-state index in [1.54, 1.807) is 11.0 Å². The lowest BCUT2D eigenvalue weighted by atomic mass is 9.81. The van der Waals surface area contributed by atoms with Crippen LogP contribution in [0.5, 0.6) is 0 Å². The number of nitrogens with zero attached hydrogens (tertiary/aromatic N) is 1. The van der Waals surface area contributed by atoms with Gasteiger partial charge in [0.05, 0.1) is 5.41 Å². The van der Waals surface area contributed by atoms with Crippen LogP contribution in [0.1, 0.15) is 30.1 Å². The summed E-state index contributed by atoms with van der Waals surface area (Å²) in [5.41, 5.74) is 2.16. The molecule has 0 bridgehead atoms. The molecule has 0 spiro atoms. The van der Waals surface area contributed by atoms with Gasteiger partial charge in [0.2, 0.25) is 0 Å². The molecular weight excluding hydrogens is 338 g/mol. The molecule has 2 aromatic rings. The Hall–Kier alpha value is -2.88. The summed E-state index contributed by atoms with van der Waals surface area (Å²) in [4.78, 5) is 27.1. The van der Waals surface area contributed by atoms with Gasteiger partial charge in [-0.2, -0.15) is 0 Å². The van der Waals surface area contributed by atoms with Gasteiger partial charge >= 0.3 is 5.97 Å². The maximum Gasteiger partial charge on any atom is 0.313 e. The number of hydrogen-bond donors (Lipinski definition) is 0. The molecule has 1 saturated heterocycles. The van der Waals surface area contributed by atoms with Crippen LogP contribution in [-0.2, 0) is 9.53 Å². The quantitative estimate of drug-likeness (QED) is 0.587. The van der Waals surface area contributed by atoms with E-state index < -0.39 is 5.41 Å². The van der Waals surface area contributed by atoms with Gasteiger partial charge in [-0.05, 0) is 43.0 Å². The van der Waals surface area contributed by atoms with Gasteiger partial charge in [0, 0.05) is 18.7 Å². The second-order valence-corrected chi connectivity index (χ2v) is 7.22. The van der Waals surface area contributed by atoms with Crippen molar-refractivity contribution in [3.05, 3.63) is 72.8 Å². The van der Waals surface area contributed by atoms with Crippen LogP contribution >= 0.6 is 0 Å². The van der Waals surface area contributed by atoms with Crippen molar-refractivity contribution in [2.75, 3.05) is 19.7 Å². The molecule has 3 rings (SSSR count). The average molecular weight is 363 g/mol. The molecule has 0 saturated carbocycles. The Kier molecular flexibility index (Phi) is 5.75. The van der Waals surface area contributed by atoms with Crippen molar-refractivity contribution >= 4 is 11.9 Å². The minimum absolute atomic E-state index is 0.0444. The number of hydrogen-bond acceptors (Lipinski definition) is 3. The Balaban J connectivity index is 1.71. The second kappa shape index (κ2) is 8.21. The van der Waals surface area contributed by atoms with E-state index in [1.165, 1.54) is 0 Å². The number of rotatable bonds is 5. The summed E-state index contributed by atoms with van der Waals surface area (Å²) in [5.74, 6) is -0.309. The number of carbonyl (C=O) groups excluding carboxylic acids is 2. The van der Waals surface area contributed by atoms with Gasteiger partial charge in [-0.15, -0.1) is 0 Å². The van der Waals surface area contributed by atoms with Crippen molar-refractivity contribution < 1.29 is 14.3 Å². The summed E-state index contributed by atoms with van der Waals surface area (Å²) in [6.07, 6.45) is 3.06. The molecule has 1 fully saturated rings. The molecule has 0 aromatic heterocycles. The maximum absolute atomic E-state index is 12.9. The summed E-state index contributed by atoms with van der Waals surface area (Å²) in [6.45, 7) is 6.67. The molecule has 1 aliphatic heterocycles. The molecule has 1 heterocycles. The van der Waals surface area contributed by atoms with Crippen LogP contribution < -0.4 is 0 Å². The van der Waals surface area contributed by atoms with E-state index in [9.17, 15) is 9.59 Å². The first-order valence-corrected chi connectivity index (χ1v) is 9.26. The third kappa shape index (κ3) is 4.27. The van der Waals surface area contributed by atoms with Gasteiger partial charge in [0.15, 0.2) is 0 Å². The number of esters is 1. The molecule has 0 N–H and O–H groups in total. The van der Waals surface area contributed by atoms with Crippen LogP contribution in [0.4, 0.5) is 0 Å². The zero-order valence-corrected chi connectivity index (χ0v) is 15.7. The van der Waals surface area contributed by atoms with Crippen molar-refractivity contribution in [2.45, 2.75) is 19.8 Å². The smallest absolute Gasteiger partial charge is 0.313 e. The molecule has 1 amide bonds. The van der Waals surface area contributed by atoms with Gasteiger partial charge in [0.25, 0.3) is 5.91 Å². The first-order chi connectivity index (χ1) is 13.0. The van der Waals surface area contributed by atoms with Gasteiger partial charge in [0.1, 0.15) is 6.61 Å². The van der Waals surface area contributed by atoms with E-state index in [4.69, 9.17) is 4.74 Å². The number of piperidine rings is 1. The fraction of sp³-hybridized carbons (Fsp3) is 0.304. The first kappa shape index (κ1) is 18.9. The molecule has 2 aromatic carbocycles. The number of benzene rings is 2. The van der Waals surface area contributed by atoms with E-state index in [1.807, 2.05) is 61.5 Å². The molecule has 27 heavy (non-hydrogen) atoms. The predicted molar refractivity (Wildman–Crippen MR) is 106 cm³/mol. The molecule has 1 atom stereocenters. The predicted octanol–water partition coefficient (Wildman–Crippen LogP) is 4.33. The average Bonchev–Trinajstić information content (AvgIpc) is 2.72. The van der Waals surface area contributed by atoms with E-state index in [0.717, 1.165) is 24.0 Å². The standard InChI is InChI=1S/C23H25NO3/c1-3-16-27-22(26)23(2)14-7-15-24(17-23)21(25)20-12-10-19(11-13-20)18-8-5-4-6-9-18/h3-6,8-13H,1,7,14-17H2,2H3. The summed E-state index contributed by atoms with van der Waals surface area (Å²) in [5, 5.41) is 0. The molecule has 140 valence electrons. The Morgan fingerprint density at radius 1 is 1.11 bits per heavy atom. The largest absolute Gasteiger partial charge is 0.461 e. The molecule has 1 aliphatic rings. The van der Waals surface area contributed by atoms with Gasteiger partial charge in [-0.3, -0.25) is 9.59 Å². The van der Waals surface area contributed by atoms with E-state index in [0.29, 0.717) is 18.7 Å². The van der Waals surface area contributed by atoms with Crippen LogP contribution in [-0.4, -0.2) is 36.5 Å². The van der Waals surface area contributed by atoms with Crippen LogP contribution in [0.3, 0.4) is 0 Å². The molecule has 1 unspecified atom stereocenters. The number of amides is 1. The molecule has 0 radical (unpaired) electrons. The van der Waals surface area contributed by atoms with Crippen molar-refractivity contribution in [1.82, 2.24) is 4.90 Å². The third-order valence-corrected chi connectivity index (χ3v) is 5.05. The van der Waals surface area contributed by atoms with Crippen LogP contribution in [0.15, 0.2) is 67.3 Å². The third-order valence-electron chi connectivity index (χ3n) is 5.05. The molecule has 4 heteroatoms. The van der Waals surface area contributed by atoms with Crippen LogP contribution in [0.25, 0.3) is 11.1 Å². The highest BCUT2D eigenvalue weighted by molar-refractivity contribution is 5.95. The van der Waals surface area contributed by atoms with Crippen LogP contribution in [0.2, 0.25) is 0 Å². The zero-order valence-electron chi connectivity index (χ0n) is 15.7. The lowest BCUT2D eigenvalue weighted by molar-refractivity contribution is -0.156.